The van der Waals surface area contributed by atoms with Gasteiger partial charge in [0.15, 0.2) is 0 Å². The number of ether oxygens (including phenoxy) is 1. The molecule has 2 saturated carbocycles. The van der Waals surface area contributed by atoms with Crippen LogP contribution in [-0.2, 0) is 6.54 Å². The Morgan fingerprint density at radius 2 is 1.88 bits per heavy atom. The van der Waals surface area contributed by atoms with Crippen LogP contribution < -0.4 is 15.8 Å². The molecule has 5 nitrogen and oxygen atoms in total. The summed E-state index contributed by atoms with van der Waals surface area (Å²) >= 11 is 0. The molecule has 5 heteroatoms. The SMILES string of the molecule is COc1ccc(CNc2cc(C3CC(N)C3)nc(C3CC3)n2)cc1. The molecular weight excluding hydrogens is 300 g/mol. The summed E-state index contributed by atoms with van der Waals surface area (Å²) in [5.74, 6) is 3.87. The summed E-state index contributed by atoms with van der Waals surface area (Å²) in [5.41, 5.74) is 8.31. The lowest BCUT2D eigenvalue weighted by Gasteiger charge is -2.32. The first-order valence-electron chi connectivity index (χ1n) is 8.72. The molecule has 0 unspecified atom stereocenters. The molecule has 1 aromatic carbocycles. The second kappa shape index (κ2) is 6.40. The fraction of sp³-hybridized carbons (Fsp3) is 0.474. The van der Waals surface area contributed by atoms with Crippen molar-refractivity contribution in [2.24, 2.45) is 5.73 Å². The van der Waals surface area contributed by atoms with E-state index >= 15 is 0 Å². The molecule has 2 aromatic rings. The van der Waals surface area contributed by atoms with Crippen molar-refractivity contribution in [2.75, 3.05) is 12.4 Å². The fourth-order valence-corrected chi connectivity index (χ4v) is 3.15. The van der Waals surface area contributed by atoms with Gasteiger partial charge in [-0.3, -0.25) is 0 Å². The zero-order valence-electron chi connectivity index (χ0n) is 14.0. The molecule has 2 fully saturated rings. The van der Waals surface area contributed by atoms with Crippen LogP contribution in [-0.4, -0.2) is 23.1 Å². The Bertz CT molecular complexity index is 706. The van der Waals surface area contributed by atoms with Gasteiger partial charge >= 0.3 is 0 Å². The first-order chi connectivity index (χ1) is 11.7. The molecule has 3 N–H and O–H groups in total. The van der Waals surface area contributed by atoms with Gasteiger partial charge in [0, 0.05) is 36.2 Å². The van der Waals surface area contributed by atoms with Crippen LogP contribution in [0.4, 0.5) is 5.82 Å². The molecule has 0 bridgehead atoms. The summed E-state index contributed by atoms with van der Waals surface area (Å²) in [4.78, 5) is 9.53. The molecule has 0 amide bonds. The minimum Gasteiger partial charge on any atom is -0.497 e. The second-order valence-electron chi connectivity index (χ2n) is 6.94. The van der Waals surface area contributed by atoms with Crippen LogP contribution in [0.3, 0.4) is 0 Å². The third kappa shape index (κ3) is 3.36. The summed E-state index contributed by atoms with van der Waals surface area (Å²) in [6, 6.07) is 10.5. The maximum absolute atomic E-state index is 5.94. The highest BCUT2D eigenvalue weighted by atomic mass is 16.5. The summed E-state index contributed by atoms with van der Waals surface area (Å²) in [6.45, 7) is 0.745. The van der Waals surface area contributed by atoms with Crippen molar-refractivity contribution >= 4 is 5.82 Å². The molecular formula is C19H24N4O. The van der Waals surface area contributed by atoms with Gasteiger partial charge in [0.1, 0.15) is 17.4 Å². The third-order valence-electron chi connectivity index (χ3n) is 4.93. The van der Waals surface area contributed by atoms with Gasteiger partial charge in [0.2, 0.25) is 0 Å². The van der Waals surface area contributed by atoms with Crippen molar-refractivity contribution in [2.45, 2.75) is 50.1 Å². The standard InChI is InChI=1S/C19H24N4O/c1-24-16-6-2-12(3-7-16)11-21-18-10-17(14-8-15(20)9-14)22-19(23-18)13-4-5-13/h2-3,6-7,10,13-15H,4-5,8-9,11,20H2,1H3,(H,21,22,23). The van der Waals surface area contributed by atoms with Crippen molar-refractivity contribution in [1.82, 2.24) is 9.97 Å². The largest absolute Gasteiger partial charge is 0.497 e. The van der Waals surface area contributed by atoms with Gasteiger partial charge in [-0.05, 0) is 43.4 Å². The highest BCUT2D eigenvalue weighted by Crippen LogP contribution is 2.41. The molecule has 0 aliphatic heterocycles. The van der Waals surface area contributed by atoms with E-state index in [9.17, 15) is 0 Å². The number of methoxy groups -OCH3 is 1. The average Bonchev–Trinajstić information content (AvgIpc) is 3.42. The molecule has 1 aromatic heterocycles. The van der Waals surface area contributed by atoms with Crippen molar-refractivity contribution in [3.05, 3.63) is 47.4 Å². The predicted octanol–water partition coefficient (Wildman–Crippen LogP) is 3.18. The molecule has 0 spiro atoms. The summed E-state index contributed by atoms with van der Waals surface area (Å²) in [7, 11) is 1.68. The molecule has 4 rings (SSSR count). The lowest BCUT2D eigenvalue weighted by atomic mass is 9.78. The Kier molecular flexibility index (Phi) is 4.10. The molecule has 1 heterocycles. The zero-order valence-corrected chi connectivity index (χ0v) is 14.0. The molecule has 0 radical (unpaired) electrons. The molecule has 2 aliphatic carbocycles. The number of anilines is 1. The van der Waals surface area contributed by atoms with Crippen LogP contribution in [0, 0.1) is 0 Å². The van der Waals surface area contributed by atoms with E-state index in [4.69, 9.17) is 20.4 Å². The van der Waals surface area contributed by atoms with E-state index in [1.54, 1.807) is 7.11 Å². The normalized spacial score (nSPS) is 22.8. The van der Waals surface area contributed by atoms with Crippen LogP contribution in [0.25, 0.3) is 0 Å². The van der Waals surface area contributed by atoms with Crippen LogP contribution in [0.5, 0.6) is 5.75 Å². The Balaban J connectivity index is 1.48. The number of nitrogens with two attached hydrogens (primary N) is 1. The number of nitrogens with one attached hydrogen (secondary N) is 1. The van der Waals surface area contributed by atoms with Gasteiger partial charge in [-0.25, -0.2) is 9.97 Å². The average molecular weight is 324 g/mol. The smallest absolute Gasteiger partial charge is 0.134 e. The van der Waals surface area contributed by atoms with E-state index in [2.05, 4.69) is 23.5 Å². The summed E-state index contributed by atoms with van der Waals surface area (Å²) in [6.07, 6.45) is 4.51. The number of hydrogen-bond donors (Lipinski definition) is 2. The number of aromatic nitrogens is 2. The zero-order chi connectivity index (χ0) is 16.5. The molecule has 126 valence electrons. The molecule has 0 atom stereocenters. The van der Waals surface area contributed by atoms with Crippen LogP contribution in [0.15, 0.2) is 30.3 Å². The maximum Gasteiger partial charge on any atom is 0.134 e. The van der Waals surface area contributed by atoms with E-state index in [0.29, 0.717) is 17.9 Å². The Morgan fingerprint density at radius 3 is 2.50 bits per heavy atom. The first-order valence-corrected chi connectivity index (χ1v) is 8.72. The Hall–Kier alpha value is -2.14. The lowest BCUT2D eigenvalue weighted by Crippen LogP contribution is -2.35. The maximum atomic E-state index is 5.94. The van der Waals surface area contributed by atoms with E-state index in [1.807, 2.05) is 12.1 Å². The predicted molar refractivity (Wildman–Crippen MR) is 94.3 cm³/mol. The van der Waals surface area contributed by atoms with Gasteiger partial charge < -0.3 is 15.8 Å². The van der Waals surface area contributed by atoms with Gasteiger partial charge in [-0.1, -0.05) is 12.1 Å². The van der Waals surface area contributed by atoms with Crippen molar-refractivity contribution < 1.29 is 4.74 Å². The topological polar surface area (TPSA) is 73.1 Å². The van der Waals surface area contributed by atoms with Crippen molar-refractivity contribution in [3.63, 3.8) is 0 Å². The van der Waals surface area contributed by atoms with Crippen molar-refractivity contribution in [3.8, 4) is 5.75 Å². The van der Waals surface area contributed by atoms with Gasteiger partial charge in [-0.15, -0.1) is 0 Å². The minimum atomic E-state index is 0.338. The van der Waals surface area contributed by atoms with Crippen LogP contribution >= 0.6 is 0 Å². The number of hydrogen-bond acceptors (Lipinski definition) is 5. The molecule has 24 heavy (non-hydrogen) atoms. The molecule has 0 saturated heterocycles. The van der Waals surface area contributed by atoms with Crippen molar-refractivity contribution in [1.29, 1.82) is 0 Å². The monoisotopic (exact) mass is 324 g/mol. The first kappa shape index (κ1) is 15.4. The third-order valence-corrected chi connectivity index (χ3v) is 4.93. The molecule has 2 aliphatic rings. The van der Waals surface area contributed by atoms with Crippen LogP contribution in [0.1, 0.15) is 54.6 Å². The number of rotatable bonds is 6. The highest BCUT2D eigenvalue weighted by molar-refractivity contribution is 5.40. The van der Waals surface area contributed by atoms with Gasteiger partial charge in [0.05, 0.1) is 7.11 Å². The number of benzene rings is 1. The second-order valence-corrected chi connectivity index (χ2v) is 6.94. The van der Waals surface area contributed by atoms with E-state index in [-0.39, 0.29) is 0 Å². The Labute approximate surface area is 142 Å². The summed E-state index contributed by atoms with van der Waals surface area (Å²) < 4.78 is 5.20. The quantitative estimate of drug-likeness (QED) is 0.854. The lowest BCUT2D eigenvalue weighted by molar-refractivity contribution is 0.344. The summed E-state index contributed by atoms with van der Waals surface area (Å²) in [5, 5.41) is 3.45. The van der Waals surface area contributed by atoms with Crippen LogP contribution in [0.2, 0.25) is 0 Å². The number of nitrogens with zero attached hydrogens (tertiary/aromatic N) is 2. The van der Waals surface area contributed by atoms with E-state index in [1.165, 1.54) is 18.4 Å². The highest BCUT2D eigenvalue weighted by Gasteiger charge is 2.32. The fourth-order valence-electron chi connectivity index (χ4n) is 3.15. The van der Waals surface area contributed by atoms with E-state index < -0.39 is 0 Å². The Morgan fingerprint density at radius 1 is 1.12 bits per heavy atom. The minimum absolute atomic E-state index is 0.338. The van der Waals surface area contributed by atoms with Gasteiger partial charge in [-0.2, -0.15) is 0 Å². The van der Waals surface area contributed by atoms with E-state index in [0.717, 1.165) is 42.5 Å². The van der Waals surface area contributed by atoms with Gasteiger partial charge in [0.25, 0.3) is 0 Å².